The van der Waals surface area contributed by atoms with Crippen LogP contribution in [0.2, 0.25) is 10.0 Å². The third-order valence-corrected chi connectivity index (χ3v) is 5.15. The summed E-state index contributed by atoms with van der Waals surface area (Å²) in [5.74, 6) is -0.221. The number of carbonyl (C=O) groups is 1. The number of nitrogens with one attached hydrogen (secondary N) is 1. The number of aliphatic hydroxyl groups excluding tert-OH is 1. The molecule has 0 atom stereocenters. The summed E-state index contributed by atoms with van der Waals surface area (Å²) >= 11 is 13.5. The molecule has 0 aliphatic carbocycles. The molecule has 2 heterocycles. The van der Waals surface area contributed by atoms with Gasteiger partial charge >= 0.3 is 0 Å². The van der Waals surface area contributed by atoms with Crippen LogP contribution in [0.4, 0.5) is 5.69 Å². The number of fused-ring (bicyclic) bond motifs is 1. The minimum atomic E-state index is -0.221. The van der Waals surface area contributed by atoms with E-state index >= 15 is 0 Å². The van der Waals surface area contributed by atoms with Crippen molar-refractivity contribution < 1.29 is 9.90 Å². The number of halogens is 2. The van der Waals surface area contributed by atoms with Crippen LogP contribution in [0, 0.1) is 0 Å². The molecule has 1 aromatic heterocycles. The van der Waals surface area contributed by atoms with Gasteiger partial charge in [-0.1, -0.05) is 35.3 Å². The van der Waals surface area contributed by atoms with E-state index in [4.69, 9.17) is 28.3 Å². The van der Waals surface area contributed by atoms with Gasteiger partial charge in [-0.2, -0.15) is 0 Å². The van der Waals surface area contributed by atoms with Crippen molar-refractivity contribution in [3.05, 3.63) is 69.4 Å². The molecule has 1 aliphatic heterocycles. The number of thioether (sulfide) groups is 1. The summed E-state index contributed by atoms with van der Waals surface area (Å²) in [7, 11) is 0. The van der Waals surface area contributed by atoms with Gasteiger partial charge in [0.2, 0.25) is 0 Å². The van der Waals surface area contributed by atoms with Crippen LogP contribution in [0.15, 0.2) is 58.8 Å². The number of aliphatic imine (C=N–C) groups is 1. The van der Waals surface area contributed by atoms with Gasteiger partial charge in [-0.25, -0.2) is 15.0 Å². The smallest absolute Gasteiger partial charge is 0.264 e. The lowest BCUT2D eigenvalue weighted by atomic mass is 10.1. The second kappa shape index (κ2) is 9.84. The van der Waals surface area contributed by atoms with Crippen molar-refractivity contribution in [2.45, 2.75) is 6.92 Å². The number of hydrogen-bond donors (Lipinski definition) is 2. The monoisotopic (exact) mass is 446 g/mol. The zero-order valence-corrected chi connectivity index (χ0v) is 17.6. The van der Waals surface area contributed by atoms with Crippen molar-refractivity contribution in [1.82, 2.24) is 15.3 Å². The van der Waals surface area contributed by atoms with Crippen LogP contribution in [-0.2, 0) is 4.79 Å². The number of carbonyl (C=O) groups excluding carboxylic acids is 1. The van der Waals surface area contributed by atoms with E-state index in [0.717, 1.165) is 16.5 Å². The Morgan fingerprint density at radius 2 is 1.97 bits per heavy atom. The standard InChI is InChI=1S/C18H10Cl2N4OS.C2H6O/c19-12-2-1-3-13(20)16(12)23-18-24-17(25)15(26-18)7-10-4-5-14-11(6-10)8-21-9-22-14;1-2-3/h1-9H,(H,23,24,25);3H,2H2,1H3/b15-7-;. The van der Waals surface area contributed by atoms with Crippen molar-refractivity contribution in [3.8, 4) is 0 Å². The summed E-state index contributed by atoms with van der Waals surface area (Å²) < 4.78 is 0. The molecule has 1 amide bonds. The molecule has 6 nitrogen and oxygen atoms in total. The first-order chi connectivity index (χ1) is 14.0. The van der Waals surface area contributed by atoms with E-state index in [1.165, 1.54) is 18.1 Å². The number of aliphatic hydroxyl groups is 1. The van der Waals surface area contributed by atoms with Gasteiger partial charge in [0, 0.05) is 18.2 Å². The van der Waals surface area contributed by atoms with Crippen LogP contribution < -0.4 is 5.32 Å². The van der Waals surface area contributed by atoms with Crippen LogP contribution in [-0.4, -0.2) is 32.8 Å². The Balaban J connectivity index is 0.000000755. The highest BCUT2D eigenvalue weighted by molar-refractivity contribution is 8.18. The Kier molecular flexibility index (Phi) is 7.22. The molecule has 9 heteroatoms. The Hall–Kier alpha value is -2.45. The third kappa shape index (κ3) is 5.33. The van der Waals surface area contributed by atoms with Crippen LogP contribution in [0.1, 0.15) is 12.5 Å². The quantitative estimate of drug-likeness (QED) is 0.550. The van der Waals surface area contributed by atoms with E-state index in [1.54, 1.807) is 37.4 Å². The number of benzene rings is 2. The van der Waals surface area contributed by atoms with Crippen molar-refractivity contribution in [2.24, 2.45) is 4.99 Å². The maximum absolute atomic E-state index is 12.2. The Bertz CT molecular complexity index is 1100. The average molecular weight is 447 g/mol. The highest BCUT2D eigenvalue weighted by Crippen LogP contribution is 2.35. The second-order valence-corrected chi connectivity index (χ2v) is 7.55. The Morgan fingerprint density at radius 3 is 2.69 bits per heavy atom. The molecule has 0 bridgehead atoms. The molecule has 29 heavy (non-hydrogen) atoms. The fraction of sp³-hybridized carbons (Fsp3) is 0.100. The molecule has 2 aromatic carbocycles. The number of aromatic nitrogens is 2. The Morgan fingerprint density at radius 1 is 1.24 bits per heavy atom. The van der Waals surface area contributed by atoms with Crippen LogP contribution in [0.3, 0.4) is 0 Å². The summed E-state index contributed by atoms with van der Waals surface area (Å²) in [6, 6.07) is 10.8. The number of hydrogen-bond acceptors (Lipinski definition) is 6. The molecule has 2 N–H and O–H groups in total. The first-order valence-electron chi connectivity index (χ1n) is 8.56. The highest BCUT2D eigenvalue weighted by Gasteiger charge is 2.24. The summed E-state index contributed by atoms with van der Waals surface area (Å²) in [4.78, 5) is 25.3. The molecule has 0 radical (unpaired) electrons. The van der Waals surface area contributed by atoms with Gasteiger partial charge in [0.1, 0.15) is 12.0 Å². The van der Waals surface area contributed by atoms with E-state index in [9.17, 15) is 4.79 Å². The number of para-hydroxylation sites is 1. The van der Waals surface area contributed by atoms with Crippen molar-refractivity contribution in [3.63, 3.8) is 0 Å². The van der Waals surface area contributed by atoms with E-state index < -0.39 is 0 Å². The molecule has 148 valence electrons. The lowest BCUT2D eigenvalue weighted by molar-refractivity contribution is -0.115. The second-order valence-electron chi connectivity index (χ2n) is 5.71. The van der Waals surface area contributed by atoms with E-state index in [1.807, 2.05) is 18.2 Å². The molecule has 3 aromatic rings. The molecular formula is C20H16Cl2N4O2S. The zero-order chi connectivity index (χ0) is 20.8. The topological polar surface area (TPSA) is 87.5 Å². The van der Waals surface area contributed by atoms with Crippen molar-refractivity contribution in [2.75, 3.05) is 6.61 Å². The molecule has 1 fully saturated rings. The normalized spacial score (nSPS) is 16.1. The van der Waals surface area contributed by atoms with Crippen LogP contribution in [0.25, 0.3) is 17.0 Å². The fourth-order valence-electron chi connectivity index (χ4n) is 2.42. The van der Waals surface area contributed by atoms with Gasteiger partial charge < -0.3 is 10.4 Å². The minimum Gasteiger partial charge on any atom is -0.397 e. The molecule has 4 rings (SSSR count). The maximum atomic E-state index is 12.2. The lowest BCUT2D eigenvalue weighted by Crippen LogP contribution is -2.19. The molecule has 1 aliphatic rings. The van der Waals surface area contributed by atoms with E-state index in [0.29, 0.717) is 25.8 Å². The summed E-state index contributed by atoms with van der Waals surface area (Å²) in [5.41, 5.74) is 2.16. The average Bonchev–Trinajstić information content (AvgIpc) is 3.04. The highest BCUT2D eigenvalue weighted by atomic mass is 35.5. The van der Waals surface area contributed by atoms with Gasteiger partial charge in [-0.15, -0.1) is 0 Å². The van der Waals surface area contributed by atoms with Gasteiger partial charge in [0.15, 0.2) is 5.17 Å². The Labute approximate surface area is 181 Å². The molecular weight excluding hydrogens is 431 g/mol. The van der Waals surface area contributed by atoms with Gasteiger partial charge in [0.25, 0.3) is 5.91 Å². The zero-order valence-electron chi connectivity index (χ0n) is 15.3. The molecule has 0 spiro atoms. The maximum Gasteiger partial charge on any atom is 0.264 e. The summed E-state index contributed by atoms with van der Waals surface area (Å²) in [5, 5.41) is 12.5. The van der Waals surface area contributed by atoms with Gasteiger partial charge in [-0.05, 0) is 54.6 Å². The fourth-order valence-corrected chi connectivity index (χ4v) is 3.73. The van der Waals surface area contributed by atoms with Crippen molar-refractivity contribution >= 4 is 68.7 Å². The third-order valence-electron chi connectivity index (χ3n) is 3.63. The summed E-state index contributed by atoms with van der Waals surface area (Å²) in [6.07, 6.45) is 5.03. The van der Waals surface area contributed by atoms with Gasteiger partial charge in [-0.3, -0.25) is 4.79 Å². The molecule has 0 saturated carbocycles. The molecule has 0 unspecified atom stereocenters. The molecule has 1 saturated heterocycles. The van der Waals surface area contributed by atoms with E-state index in [2.05, 4.69) is 20.3 Å². The lowest BCUT2D eigenvalue weighted by Gasteiger charge is -2.01. The minimum absolute atomic E-state index is 0.221. The number of amidine groups is 1. The number of amides is 1. The first-order valence-corrected chi connectivity index (χ1v) is 10.1. The largest absolute Gasteiger partial charge is 0.397 e. The number of rotatable bonds is 2. The SMILES string of the molecule is CCO.O=C1NC(=Nc2c(Cl)cccc2Cl)S/C1=C\c1ccc2ncncc2c1. The van der Waals surface area contributed by atoms with Crippen LogP contribution in [0.5, 0.6) is 0 Å². The predicted octanol–water partition coefficient (Wildman–Crippen LogP) is 4.83. The summed E-state index contributed by atoms with van der Waals surface area (Å²) in [6.45, 7) is 1.93. The van der Waals surface area contributed by atoms with Crippen LogP contribution >= 0.6 is 35.0 Å². The number of nitrogens with zero attached hydrogens (tertiary/aromatic N) is 3. The van der Waals surface area contributed by atoms with Gasteiger partial charge in [0.05, 0.1) is 20.5 Å². The first kappa shape index (κ1) is 21.3. The predicted molar refractivity (Wildman–Crippen MR) is 120 cm³/mol. The van der Waals surface area contributed by atoms with E-state index in [-0.39, 0.29) is 12.5 Å². The van der Waals surface area contributed by atoms with Crippen molar-refractivity contribution in [1.29, 1.82) is 0 Å².